The van der Waals surface area contributed by atoms with Crippen LogP contribution in [0.15, 0.2) is 34.1 Å². The van der Waals surface area contributed by atoms with Gasteiger partial charge in [-0.2, -0.15) is 0 Å². The Balaban J connectivity index is 2.06. The van der Waals surface area contributed by atoms with Gasteiger partial charge in [-0.05, 0) is 46.6 Å². The molecule has 0 spiro atoms. The molecule has 0 radical (unpaired) electrons. The Morgan fingerprint density at radius 3 is 2.83 bits per heavy atom. The number of hydrogen-bond acceptors (Lipinski definition) is 4. The van der Waals surface area contributed by atoms with Crippen LogP contribution in [0.4, 0.5) is 5.69 Å². The van der Waals surface area contributed by atoms with Crippen LogP contribution in [0.5, 0.6) is 0 Å². The monoisotopic (exact) mass is 325 g/mol. The van der Waals surface area contributed by atoms with Gasteiger partial charge in [0.15, 0.2) is 0 Å². The van der Waals surface area contributed by atoms with Crippen LogP contribution in [0.3, 0.4) is 0 Å². The van der Waals surface area contributed by atoms with E-state index in [2.05, 4.69) is 15.9 Å². The number of carbonyl (C=O) groups is 1. The van der Waals surface area contributed by atoms with Gasteiger partial charge in [0.2, 0.25) is 0 Å². The lowest BCUT2D eigenvalue weighted by atomic mass is 10.1. The van der Waals surface area contributed by atoms with Crippen molar-refractivity contribution < 1.29 is 9.53 Å². The van der Waals surface area contributed by atoms with Gasteiger partial charge in [-0.1, -0.05) is 12.1 Å². The molecule has 1 aromatic carbocycles. The smallest absolute Gasteiger partial charge is 0.340 e. The number of nitrogen functional groups attached to an aromatic ring is 1. The third-order valence-corrected chi connectivity index (χ3v) is 4.12. The number of rotatable bonds is 3. The first-order chi connectivity index (χ1) is 8.58. The Hall–Kier alpha value is -1.33. The minimum atomic E-state index is -0.388. The van der Waals surface area contributed by atoms with Gasteiger partial charge in [-0.3, -0.25) is 0 Å². The van der Waals surface area contributed by atoms with Crippen molar-refractivity contribution in [2.45, 2.75) is 13.5 Å². The fourth-order valence-electron chi connectivity index (χ4n) is 1.50. The molecule has 0 aliphatic carbocycles. The van der Waals surface area contributed by atoms with Gasteiger partial charge in [0.1, 0.15) is 6.61 Å². The fourth-order valence-corrected chi connectivity index (χ4v) is 2.90. The van der Waals surface area contributed by atoms with Crippen molar-refractivity contribution in [3.8, 4) is 0 Å². The number of ether oxygens (including phenoxy) is 1. The summed E-state index contributed by atoms with van der Waals surface area (Å²) in [6, 6.07) is 9.18. The van der Waals surface area contributed by atoms with Crippen LogP contribution in [0.1, 0.15) is 20.8 Å². The standard InChI is InChI=1S/C13H12BrNO2S/c1-8-3-2-4-10(12(8)15)13(16)17-7-9-5-6-11(14)18-9/h2-6H,7,15H2,1H3. The maximum absolute atomic E-state index is 11.9. The maximum atomic E-state index is 11.9. The van der Waals surface area contributed by atoms with Gasteiger partial charge in [-0.25, -0.2) is 4.79 Å². The molecule has 0 atom stereocenters. The van der Waals surface area contributed by atoms with Crippen molar-refractivity contribution in [3.05, 3.63) is 50.1 Å². The number of anilines is 1. The Kier molecular flexibility index (Phi) is 4.04. The van der Waals surface area contributed by atoms with Crippen LogP contribution < -0.4 is 5.73 Å². The summed E-state index contributed by atoms with van der Waals surface area (Å²) in [7, 11) is 0. The molecule has 0 amide bonds. The van der Waals surface area contributed by atoms with E-state index in [0.29, 0.717) is 11.3 Å². The molecule has 0 saturated heterocycles. The first-order valence-electron chi connectivity index (χ1n) is 5.34. The molecule has 1 heterocycles. The van der Waals surface area contributed by atoms with Gasteiger partial charge in [0.25, 0.3) is 0 Å². The minimum Gasteiger partial charge on any atom is -0.456 e. The van der Waals surface area contributed by atoms with E-state index < -0.39 is 0 Å². The summed E-state index contributed by atoms with van der Waals surface area (Å²) in [5.41, 5.74) is 7.63. The molecule has 2 aromatic rings. The summed E-state index contributed by atoms with van der Waals surface area (Å²) in [5.74, 6) is -0.388. The summed E-state index contributed by atoms with van der Waals surface area (Å²) in [4.78, 5) is 12.9. The highest BCUT2D eigenvalue weighted by Gasteiger charge is 2.12. The van der Waals surface area contributed by atoms with E-state index in [-0.39, 0.29) is 12.6 Å². The van der Waals surface area contributed by atoms with Crippen LogP contribution >= 0.6 is 27.3 Å². The average molecular weight is 326 g/mol. The van der Waals surface area contributed by atoms with Crippen molar-refractivity contribution in [1.82, 2.24) is 0 Å². The number of nitrogens with two attached hydrogens (primary N) is 1. The summed E-state index contributed by atoms with van der Waals surface area (Å²) >= 11 is 4.90. The lowest BCUT2D eigenvalue weighted by Gasteiger charge is -2.07. The molecule has 2 rings (SSSR count). The third-order valence-electron chi connectivity index (χ3n) is 2.52. The molecule has 0 bridgehead atoms. The number of halogens is 1. The van der Waals surface area contributed by atoms with Crippen molar-refractivity contribution in [2.24, 2.45) is 0 Å². The molecule has 0 unspecified atom stereocenters. The Labute approximate surface area is 118 Å². The van der Waals surface area contributed by atoms with Crippen LogP contribution in [0.25, 0.3) is 0 Å². The van der Waals surface area contributed by atoms with Gasteiger partial charge >= 0.3 is 5.97 Å². The van der Waals surface area contributed by atoms with Gasteiger partial charge in [0, 0.05) is 10.6 Å². The number of carbonyl (C=O) groups excluding carboxylic acids is 1. The molecule has 5 heteroatoms. The van der Waals surface area contributed by atoms with E-state index in [0.717, 1.165) is 14.2 Å². The second-order valence-electron chi connectivity index (χ2n) is 3.82. The van der Waals surface area contributed by atoms with Crippen LogP contribution in [0.2, 0.25) is 0 Å². The lowest BCUT2D eigenvalue weighted by Crippen LogP contribution is -2.08. The zero-order chi connectivity index (χ0) is 13.1. The normalized spacial score (nSPS) is 10.3. The molecule has 3 nitrogen and oxygen atoms in total. The summed E-state index contributed by atoms with van der Waals surface area (Å²) in [5, 5.41) is 0. The van der Waals surface area contributed by atoms with Crippen LogP contribution in [0, 0.1) is 6.92 Å². The van der Waals surface area contributed by atoms with Gasteiger partial charge < -0.3 is 10.5 Å². The third kappa shape index (κ3) is 2.91. The van der Waals surface area contributed by atoms with E-state index in [1.165, 1.54) is 0 Å². The molecule has 0 saturated carbocycles. The summed E-state index contributed by atoms with van der Waals surface area (Å²) in [6.07, 6.45) is 0. The maximum Gasteiger partial charge on any atom is 0.340 e. The Morgan fingerprint density at radius 2 is 2.17 bits per heavy atom. The van der Waals surface area contributed by atoms with E-state index in [4.69, 9.17) is 10.5 Å². The van der Waals surface area contributed by atoms with Crippen LogP contribution in [-0.2, 0) is 11.3 Å². The van der Waals surface area contributed by atoms with Crippen molar-refractivity contribution in [1.29, 1.82) is 0 Å². The predicted molar refractivity (Wildman–Crippen MR) is 76.7 cm³/mol. The van der Waals surface area contributed by atoms with Gasteiger partial charge in [0.05, 0.1) is 9.35 Å². The number of benzene rings is 1. The number of esters is 1. The van der Waals surface area contributed by atoms with Crippen molar-refractivity contribution in [3.63, 3.8) is 0 Å². The molecular weight excluding hydrogens is 314 g/mol. The lowest BCUT2D eigenvalue weighted by molar-refractivity contribution is 0.0478. The minimum absolute atomic E-state index is 0.266. The van der Waals surface area contributed by atoms with E-state index in [9.17, 15) is 4.79 Å². The first-order valence-corrected chi connectivity index (χ1v) is 6.95. The van der Waals surface area contributed by atoms with Crippen LogP contribution in [-0.4, -0.2) is 5.97 Å². The average Bonchev–Trinajstić information content (AvgIpc) is 2.76. The molecule has 0 fully saturated rings. The number of hydrogen-bond donors (Lipinski definition) is 1. The highest BCUT2D eigenvalue weighted by Crippen LogP contribution is 2.23. The molecule has 1 aromatic heterocycles. The highest BCUT2D eigenvalue weighted by atomic mass is 79.9. The number of thiophene rings is 1. The summed E-state index contributed by atoms with van der Waals surface area (Å²) in [6.45, 7) is 2.13. The highest BCUT2D eigenvalue weighted by molar-refractivity contribution is 9.11. The number of para-hydroxylation sites is 1. The molecule has 0 aliphatic heterocycles. The van der Waals surface area contributed by atoms with E-state index >= 15 is 0 Å². The predicted octanol–water partition coefficient (Wildman–Crippen LogP) is 3.76. The molecule has 18 heavy (non-hydrogen) atoms. The zero-order valence-electron chi connectivity index (χ0n) is 9.77. The van der Waals surface area contributed by atoms with Gasteiger partial charge in [-0.15, -0.1) is 11.3 Å². The molecular formula is C13H12BrNO2S. The molecule has 2 N–H and O–H groups in total. The zero-order valence-corrected chi connectivity index (χ0v) is 12.2. The molecule has 0 aliphatic rings. The number of aryl methyl sites for hydroxylation is 1. The fraction of sp³-hybridized carbons (Fsp3) is 0.154. The van der Waals surface area contributed by atoms with E-state index in [1.807, 2.05) is 25.1 Å². The summed E-state index contributed by atoms with van der Waals surface area (Å²) < 4.78 is 6.25. The largest absolute Gasteiger partial charge is 0.456 e. The topological polar surface area (TPSA) is 52.3 Å². The van der Waals surface area contributed by atoms with Crippen molar-refractivity contribution in [2.75, 3.05) is 5.73 Å². The second-order valence-corrected chi connectivity index (χ2v) is 6.37. The first kappa shape index (κ1) is 13.1. The Bertz CT molecular complexity index is 580. The van der Waals surface area contributed by atoms with Crippen molar-refractivity contribution >= 4 is 38.9 Å². The quantitative estimate of drug-likeness (QED) is 0.690. The second kappa shape index (κ2) is 5.54. The SMILES string of the molecule is Cc1cccc(C(=O)OCc2ccc(Br)s2)c1N. The Morgan fingerprint density at radius 1 is 1.39 bits per heavy atom. The molecule has 94 valence electrons. The van der Waals surface area contributed by atoms with E-state index in [1.54, 1.807) is 23.5 Å².